The molecule has 35 heavy (non-hydrogen) atoms. The van der Waals surface area contributed by atoms with Crippen LogP contribution >= 0.6 is 0 Å². The largest absolute Gasteiger partial charge is 0.358 e. The number of anilines is 1. The molecule has 0 spiro atoms. The Morgan fingerprint density at radius 2 is 1.89 bits per heavy atom. The number of benzene rings is 2. The van der Waals surface area contributed by atoms with Crippen molar-refractivity contribution in [2.45, 2.75) is 58.4 Å². The quantitative estimate of drug-likeness (QED) is 0.517. The predicted octanol–water partition coefficient (Wildman–Crippen LogP) is 4.99. The third-order valence-corrected chi connectivity index (χ3v) is 7.70. The number of amides is 1. The molecule has 6 heteroatoms. The lowest BCUT2D eigenvalue weighted by atomic mass is 9.93. The van der Waals surface area contributed by atoms with Crippen LogP contribution in [0.2, 0.25) is 0 Å². The summed E-state index contributed by atoms with van der Waals surface area (Å²) in [6, 6.07) is 14.0. The lowest BCUT2D eigenvalue weighted by molar-refractivity contribution is -0.122. The maximum atomic E-state index is 13.8. The molecule has 0 unspecified atom stereocenters. The number of aromatic amines is 1. The second-order valence-corrected chi connectivity index (χ2v) is 9.68. The summed E-state index contributed by atoms with van der Waals surface area (Å²) in [6.07, 6.45) is 6.34. The van der Waals surface area contributed by atoms with E-state index in [1.807, 2.05) is 43.0 Å². The smallest absolute Gasteiger partial charge is 0.241 e. The van der Waals surface area contributed by atoms with Crippen molar-refractivity contribution < 1.29 is 9.59 Å². The Morgan fingerprint density at radius 1 is 1.09 bits per heavy atom. The van der Waals surface area contributed by atoms with Gasteiger partial charge in [-0.25, -0.2) is 0 Å². The lowest BCUT2D eigenvalue weighted by Crippen LogP contribution is -2.53. The molecular weight excluding hydrogens is 436 g/mol. The van der Waals surface area contributed by atoms with Gasteiger partial charge in [-0.05, 0) is 61.6 Å². The third-order valence-electron chi connectivity index (χ3n) is 7.70. The van der Waals surface area contributed by atoms with Crippen LogP contribution < -0.4 is 4.90 Å². The van der Waals surface area contributed by atoms with Crippen molar-refractivity contribution in [3.8, 4) is 6.07 Å². The zero-order valence-electron chi connectivity index (χ0n) is 20.6. The van der Waals surface area contributed by atoms with Crippen LogP contribution in [0, 0.1) is 11.3 Å². The number of piperazine rings is 1. The Hall–Kier alpha value is -3.43. The lowest BCUT2D eigenvalue weighted by Gasteiger charge is -2.37. The fourth-order valence-corrected chi connectivity index (χ4v) is 5.79. The maximum absolute atomic E-state index is 13.8. The minimum Gasteiger partial charge on any atom is -0.358 e. The molecule has 0 atom stereocenters. The summed E-state index contributed by atoms with van der Waals surface area (Å²) in [6.45, 7) is 6.14. The average molecular weight is 469 g/mol. The number of carbonyl (C=O) groups excluding carboxylic acids is 2. The topological polar surface area (TPSA) is 80.2 Å². The summed E-state index contributed by atoms with van der Waals surface area (Å²) in [5.41, 5.74) is 5.43. The number of nitrogens with one attached hydrogen (secondary N) is 1. The molecule has 2 aromatic carbocycles. The van der Waals surface area contributed by atoms with E-state index in [-0.39, 0.29) is 11.7 Å². The van der Waals surface area contributed by atoms with Gasteiger partial charge < -0.3 is 9.88 Å². The standard InChI is InChI=1S/C29H32N4O2/c1-3-20-16-22(33-14-13-32(18-27(33)34)21-7-5-6-8-21)10-12-23(20)29(35)28-24-11-9-19(17-30)15-26(24)31-25(28)4-2/h9-12,15-16,21,31H,3-8,13-14,18H2,1-2H3. The van der Waals surface area contributed by atoms with Gasteiger partial charge in [0.05, 0.1) is 23.7 Å². The molecule has 2 heterocycles. The number of rotatable bonds is 6. The highest BCUT2D eigenvalue weighted by Gasteiger charge is 2.31. The monoisotopic (exact) mass is 468 g/mol. The number of aryl methyl sites for hydroxylation is 2. The van der Waals surface area contributed by atoms with E-state index in [1.54, 1.807) is 12.1 Å². The van der Waals surface area contributed by atoms with E-state index in [4.69, 9.17) is 0 Å². The summed E-state index contributed by atoms with van der Waals surface area (Å²) < 4.78 is 0. The Morgan fingerprint density at radius 3 is 2.57 bits per heavy atom. The molecule has 2 aliphatic rings. The van der Waals surface area contributed by atoms with Crippen molar-refractivity contribution >= 4 is 28.3 Å². The summed E-state index contributed by atoms with van der Waals surface area (Å²) in [4.78, 5) is 34.4. The van der Waals surface area contributed by atoms with E-state index in [1.165, 1.54) is 25.7 Å². The molecule has 2 fully saturated rings. The molecule has 1 aliphatic heterocycles. The van der Waals surface area contributed by atoms with E-state index in [0.717, 1.165) is 34.4 Å². The minimum atomic E-state index is -0.0152. The van der Waals surface area contributed by atoms with E-state index >= 15 is 0 Å². The highest BCUT2D eigenvalue weighted by Crippen LogP contribution is 2.31. The van der Waals surface area contributed by atoms with Crippen LogP contribution in [-0.4, -0.2) is 47.3 Å². The van der Waals surface area contributed by atoms with Crippen LogP contribution in [-0.2, 0) is 17.6 Å². The van der Waals surface area contributed by atoms with Gasteiger partial charge in [-0.3, -0.25) is 14.5 Å². The van der Waals surface area contributed by atoms with Crippen LogP contribution in [0.4, 0.5) is 5.69 Å². The number of carbonyl (C=O) groups is 2. The van der Waals surface area contributed by atoms with E-state index in [9.17, 15) is 14.9 Å². The van der Waals surface area contributed by atoms with Gasteiger partial charge in [-0.15, -0.1) is 0 Å². The number of H-pyrrole nitrogens is 1. The van der Waals surface area contributed by atoms with Gasteiger partial charge in [-0.1, -0.05) is 32.8 Å². The highest BCUT2D eigenvalue weighted by atomic mass is 16.2. The molecule has 0 radical (unpaired) electrons. The Kier molecular flexibility index (Phi) is 6.44. The minimum absolute atomic E-state index is 0.0152. The van der Waals surface area contributed by atoms with Crippen molar-refractivity contribution in [3.63, 3.8) is 0 Å². The zero-order valence-corrected chi connectivity index (χ0v) is 20.6. The predicted molar refractivity (Wildman–Crippen MR) is 138 cm³/mol. The number of hydrogen-bond donors (Lipinski definition) is 1. The molecule has 3 aromatic rings. The molecule has 1 aliphatic carbocycles. The van der Waals surface area contributed by atoms with Crippen molar-refractivity contribution in [3.05, 3.63) is 64.3 Å². The molecule has 1 N–H and O–H groups in total. The number of aromatic nitrogens is 1. The first-order chi connectivity index (χ1) is 17.0. The van der Waals surface area contributed by atoms with Gasteiger partial charge in [0, 0.05) is 47.0 Å². The average Bonchev–Trinajstić information content (AvgIpc) is 3.55. The fraction of sp³-hybridized carbons (Fsp3) is 0.414. The molecule has 180 valence electrons. The van der Waals surface area contributed by atoms with Crippen LogP contribution in [0.5, 0.6) is 0 Å². The Labute approximate surface area is 206 Å². The van der Waals surface area contributed by atoms with Gasteiger partial charge in [0.2, 0.25) is 5.91 Å². The summed E-state index contributed by atoms with van der Waals surface area (Å²) >= 11 is 0. The molecule has 5 rings (SSSR count). The first-order valence-electron chi connectivity index (χ1n) is 12.8. The SMILES string of the molecule is CCc1cc(N2CCN(C3CCCC3)CC2=O)ccc1C(=O)c1c(CC)[nH]c2cc(C#N)ccc12. The van der Waals surface area contributed by atoms with Crippen LogP contribution in [0.15, 0.2) is 36.4 Å². The van der Waals surface area contributed by atoms with Crippen molar-refractivity contribution in [1.29, 1.82) is 5.26 Å². The van der Waals surface area contributed by atoms with Gasteiger partial charge in [-0.2, -0.15) is 5.26 Å². The number of fused-ring (bicyclic) bond motifs is 1. The third kappa shape index (κ3) is 4.26. The first-order valence-corrected chi connectivity index (χ1v) is 12.8. The summed E-state index contributed by atoms with van der Waals surface area (Å²) in [5, 5.41) is 10.1. The van der Waals surface area contributed by atoms with Crippen LogP contribution in [0.25, 0.3) is 10.9 Å². The molecule has 0 bridgehead atoms. The Balaban J connectivity index is 1.44. The van der Waals surface area contributed by atoms with E-state index < -0.39 is 0 Å². The van der Waals surface area contributed by atoms with Crippen molar-refractivity contribution in [1.82, 2.24) is 9.88 Å². The number of nitrogens with zero attached hydrogens (tertiary/aromatic N) is 3. The van der Waals surface area contributed by atoms with Crippen molar-refractivity contribution in [2.75, 3.05) is 24.5 Å². The zero-order chi connectivity index (χ0) is 24.5. The summed E-state index contributed by atoms with van der Waals surface area (Å²) in [5.74, 6) is 0.126. The highest BCUT2D eigenvalue weighted by molar-refractivity contribution is 6.18. The summed E-state index contributed by atoms with van der Waals surface area (Å²) in [7, 11) is 0. The number of nitriles is 1. The van der Waals surface area contributed by atoms with Gasteiger partial charge >= 0.3 is 0 Å². The Bertz CT molecular complexity index is 1330. The molecule has 1 aromatic heterocycles. The first kappa shape index (κ1) is 23.3. The molecular formula is C29H32N4O2. The van der Waals surface area contributed by atoms with Crippen LogP contribution in [0.3, 0.4) is 0 Å². The van der Waals surface area contributed by atoms with Crippen molar-refractivity contribution in [2.24, 2.45) is 0 Å². The normalized spacial score (nSPS) is 17.3. The molecule has 1 saturated heterocycles. The fourth-order valence-electron chi connectivity index (χ4n) is 5.79. The number of hydrogen-bond acceptors (Lipinski definition) is 4. The molecule has 6 nitrogen and oxygen atoms in total. The van der Waals surface area contributed by atoms with E-state index in [2.05, 4.69) is 16.0 Å². The second-order valence-electron chi connectivity index (χ2n) is 9.68. The van der Waals surface area contributed by atoms with E-state index in [0.29, 0.717) is 48.7 Å². The second kappa shape index (κ2) is 9.67. The number of ketones is 1. The van der Waals surface area contributed by atoms with Gasteiger partial charge in [0.1, 0.15) is 0 Å². The molecule has 1 saturated carbocycles. The van der Waals surface area contributed by atoms with Gasteiger partial charge in [0.25, 0.3) is 0 Å². The van der Waals surface area contributed by atoms with Gasteiger partial charge in [0.15, 0.2) is 5.78 Å². The molecule has 1 amide bonds. The van der Waals surface area contributed by atoms with Crippen LogP contribution in [0.1, 0.15) is 72.3 Å². The maximum Gasteiger partial charge on any atom is 0.241 e.